The fourth-order valence-corrected chi connectivity index (χ4v) is 3.12. The summed E-state index contributed by atoms with van der Waals surface area (Å²) in [5, 5.41) is 2.35. The number of benzene rings is 1. The molecule has 3 rings (SSSR count). The van der Waals surface area contributed by atoms with E-state index in [1.165, 1.54) is 41.2 Å². The van der Waals surface area contributed by atoms with Gasteiger partial charge in [0.2, 0.25) is 0 Å². The molecule has 0 unspecified atom stereocenters. The molecule has 0 atom stereocenters. The van der Waals surface area contributed by atoms with Crippen molar-refractivity contribution in [3.63, 3.8) is 0 Å². The van der Waals surface area contributed by atoms with E-state index in [9.17, 15) is 9.18 Å². The number of thiophene rings is 1. The number of methoxy groups -OCH3 is 1. The second-order valence-electron chi connectivity index (χ2n) is 4.05. The lowest BCUT2D eigenvalue weighted by Crippen LogP contribution is -2.20. The number of fused-ring (bicyclic) bond motifs is 1. The van der Waals surface area contributed by atoms with Gasteiger partial charge in [0.05, 0.1) is 18.2 Å². The zero-order chi connectivity index (χ0) is 14.3. The Morgan fingerprint density at radius 1 is 1.40 bits per heavy atom. The Balaban J connectivity index is 2.40. The van der Waals surface area contributed by atoms with Gasteiger partial charge in [-0.05, 0) is 35.8 Å². The minimum atomic E-state index is -0.440. The smallest absolute Gasteiger partial charge is 0.267 e. The van der Waals surface area contributed by atoms with Gasteiger partial charge in [-0.25, -0.2) is 8.96 Å². The molecule has 0 radical (unpaired) electrons. The van der Waals surface area contributed by atoms with Crippen molar-refractivity contribution in [1.82, 2.24) is 9.55 Å². The molecule has 0 fully saturated rings. The molecule has 0 aliphatic rings. The van der Waals surface area contributed by atoms with Crippen LogP contribution in [-0.4, -0.2) is 16.7 Å². The lowest BCUT2D eigenvalue weighted by molar-refractivity contribution is 0.409. The minimum Gasteiger partial charge on any atom is -0.494 e. The summed E-state index contributed by atoms with van der Waals surface area (Å²) < 4.78 is 19.9. The molecule has 20 heavy (non-hydrogen) atoms. The van der Waals surface area contributed by atoms with Gasteiger partial charge >= 0.3 is 0 Å². The highest BCUT2D eigenvalue weighted by Crippen LogP contribution is 2.24. The number of nitrogens with one attached hydrogen (secondary N) is 1. The largest absolute Gasteiger partial charge is 0.494 e. The van der Waals surface area contributed by atoms with Crippen LogP contribution in [0.4, 0.5) is 4.39 Å². The molecule has 0 amide bonds. The van der Waals surface area contributed by atoms with Gasteiger partial charge in [0.1, 0.15) is 16.4 Å². The topological polar surface area (TPSA) is 47.0 Å². The molecule has 1 aromatic carbocycles. The standard InChI is InChI=1S/C13H9FN2O2S2/c1-18-10-6-7(14)2-3-9(10)16-12(17)8-4-5-20-11(8)15-13(16)19/h2-6H,1H3,(H,15,19). The van der Waals surface area contributed by atoms with E-state index in [2.05, 4.69) is 4.98 Å². The molecule has 0 aliphatic carbocycles. The summed E-state index contributed by atoms with van der Waals surface area (Å²) in [6.07, 6.45) is 0. The zero-order valence-electron chi connectivity index (χ0n) is 10.3. The Labute approximate surface area is 122 Å². The first kappa shape index (κ1) is 13.0. The summed E-state index contributed by atoms with van der Waals surface area (Å²) in [4.78, 5) is 16.2. The molecule has 0 bridgehead atoms. The van der Waals surface area contributed by atoms with E-state index in [0.29, 0.717) is 11.1 Å². The third-order valence-corrected chi connectivity index (χ3v) is 4.02. The second kappa shape index (κ2) is 4.84. The molecular weight excluding hydrogens is 299 g/mol. The zero-order valence-corrected chi connectivity index (χ0v) is 12.0. The van der Waals surface area contributed by atoms with Crippen LogP contribution in [0.5, 0.6) is 5.75 Å². The maximum Gasteiger partial charge on any atom is 0.267 e. The van der Waals surface area contributed by atoms with Crippen LogP contribution in [0.1, 0.15) is 0 Å². The normalized spacial score (nSPS) is 10.9. The first-order chi connectivity index (χ1) is 9.61. The van der Waals surface area contributed by atoms with Crippen LogP contribution in [-0.2, 0) is 0 Å². The monoisotopic (exact) mass is 308 g/mol. The van der Waals surface area contributed by atoms with E-state index < -0.39 is 5.82 Å². The van der Waals surface area contributed by atoms with Gasteiger partial charge in [0.15, 0.2) is 4.77 Å². The fourth-order valence-electron chi connectivity index (χ4n) is 2.00. The first-order valence-corrected chi connectivity index (χ1v) is 6.97. The number of rotatable bonds is 2. The van der Waals surface area contributed by atoms with Crippen molar-refractivity contribution in [2.45, 2.75) is 0 Å². The van der Waals surface area contributed by atoms with Crippen molar-refractivity contribution < 1.29 is 9.13 Å². The van der Waals surface area contributed by atoms with E-state index in [4.69, 9.17) is 17.0 Å². The average molecular weight is 308 g/mol. The van der Waals surface area contributed by atoms with Crippen LogP contribution in [0.2, 0.25) is 0 Å². The highest BCUT2D eigenvalue weighted by Gasteiger charge is 2.13. The van der Waals surface area contributed by atoms with E-state index in [-0.39, 0.29) is 16.1 Å². The van der Waals surface area contributed by atoms with Crippen LogP contribution in [0.15, 0.2) is 34.4 Å². The van der Waals surface area contributed by atoms with Gasteiger partial charge in [-0.3, -0.25) is 4.79 Å². The highest BCUT2D eigenvalue weighted by molar-refractivity contribution is 7.71. The van der Waals surface area contributed by atoms with Gasteiger partial charge in [-0.15, -0.1) is 11.3 Å². The molecule has 102 valence electrons. The van der Waals surface area contributed by atoms with Gasteiger partial charge in [0.25, 0.3) is 5.56 Å². The van der Waals surface area contributed by atoms with Gasteiger partial charge in [-0.1, -0.05) is 0 Å². The Kier molecular flexibility index (Phi) is 3.15. The van der Waals surface area contributed by atoms with Crippen LogP contribution in [0.25, 0.3) is 15.9 Å². The lowest BCUT2D eigenvalue weighted by Gasteiger charge is -2.11. The molecule has 4 nitrogen and oxygen atoms in total. The van der Waals surface area contributed by atoms with Crippen molar-refractivity contribution in [2.24, 2.45) is 0 Å². The van der Waals surface area contributed by atoms with E-state index >= 15 is 0 Å². The molecule has 2 heterocycles. The summed E-state index contributed by atoms with van der Waals surface area (Å²) in [5.41, 5.74) is 0.156. The second-order valence-corrected chi connectivity index (χ2v) is 5.35. The maximum absolute atomic E-state index is 13.3. The quantitative estimate of drug-likeness (QED) is 0.739. The number of H-pyrrole nitrogens is 1. The van der Waals surface area contributed by atoms with Crippen LogP contribution < -0.4 is 10.3 Å². The summed E-state index contributed by atoms with van der Waals surface area (Å²) in [5.74, 6) is -0.189. The Morgan fingerprint density at radius 2 is 2.20 bits per heavy atom. The van der Waals surface area contributed by atoms with Crippen molar-refractivity contribution >= 4 is 33.8 Å². The number of hydrogen-bond acceptors (Lipinski definition) is 4. The summed E-state index contributed by atoms with van der Waals surface area (Å²) in [6, 6.07) is 5.67. The van der Waals surface area contributed by atoms with Gasteiger partial charge in [-0.2, -0.15) is 0 Å². The molecule has 2 aromatic heterocycles. The molecule has 0 saturated carbocycles. The molecule has 1 N–H and O–H groups in total. The third-order valence-electron chi connectivity index (χ3n) is 2.90. The average Bonchev–Trinajstić information content (AvgIpc) is 2.88. The summed E-state index contributed by atoms with van der Waals surface area (Å²) in [7, 11) is 1.42. The molecule has 0 spiro atoms. The number of aromatic amines is 1. The van der Waals surface area contributed by atoms with Crippen LogP contribution in [0, 0.1) is 10.6 Å². The molecule has 0 saturated heterocycles. The van der Waals surface area contributed by atoms with Crippen LogP contribution >= 0.6 is 23.6 Å². The maximum atomic E-state index is 13.3. The van der Waals surface area contributed by atoms with E-state index in [1.54, 1.807) is 6.07 Å². The fraction of sp³-hybridized carbons (Fsp3) is 0.0769. The summed E-state index contributed by atoms with van der Waals surface area (Å²) >= 11 is 6.63. The molecule has 7 heteroatoms. The molecular formula is C13H9FN2O2S2. The number of aromatic nitrogens is 2. The number of halogens is 1. The Hall–Kier alpha value is -1.99. The Bertz CT molecular complexity index is 911. The number of ether oxygens (including phenoxy) is 1. The van der Waals surface area contributed by atoms with Crippen LogP contribution in [0.3, 0.4) is 0 Å². The predicted octanol–water partition coefficient (Wildman–Crippen LogP) is 3.26. The lowest BCUT2D eigenvalue weighted by atomic mass is 10.2. The number of hydrogen-bond donors (Lipinski definition) is 1. The molecule has 3 aromatic rings. The SMILES string of the molecule is COc1cc(F)ccc1-n1c(=S)[nH]c2sccc2c1=O. The third kappa shape index (κ3) is 1.95. The van der Waals surface area contributed by atoms with Gasteiger partial charge < -0.3 is 9.72 Å². The summed E-state index contributed by atoms with van der Waals surface area (Å²) in [6.45, 7) is 0. The van der Waals surface area contributed by atoms with Crippen molar-refractivity contribution in [2.75, 3.05) is 7.11 Å². The van der Waals surface area contributed by atoms with E-state index in [0.717, 1.165) is 4.83 Å². The van der Waals surface area contributed by atoms with Gasteiger partial charge in [0, 0.05) is 6.07 Å². The van der Waals surface area contributed by atoms with E-state index in [1.807, 2.05) is 5.38 Å². The molecule has 0 aliphatic heterocycles. The highest BCUT2D eigenvalue weighted by atomic mass is 32.1. The van der Waals surface area contributed by atoms with Crippen molar-refractivity contribution in [3.05, 3.63) is 50.6 Å². The van der Waals surface area contributed by atoms with Crippen molar-refractivity contribution in [1.29, 1.82) is 0 Å². The number of nitrogens with zero attached hydrogens (tertiary/aromatic N) is 1. The Morgan fingerprint density at radius 3 is 2.95 bits per heavy atom. The minimum absolute atomic E-state index is 0.245. The predicted molar refractivity (Wildman–Crippen MR) is 79.1 cm³/mol. The van der Waals surface area contributed by atoms with Crippen molar-refractivity contribution in [3.8, 4) is 11.4 Å². The first-order valence-electron chi connectivity index (χ1n) is 5.68.